The molecule has 1 N–H and O–H groups in total. The predicted molar refractivity (Wildman–Crippen MR) is 87.9 cm³/mol. The molecule has 1 saturated heterocycles. The Balaban J connectivity index is 2.02. The fraction of sp³-hybridized carbons (Fsp3) is 0.625. The molecule has 1 aromatic heterocycles. The van der Waals surface area contributed by atoms with Crippen LogP contribution in [-0.4, -0.2) is 70.5 Å². The van der Waals surface area contributed by atoms with E-state index in [-0.39, 0.29) is 17.7 Å². The first kappa shape index (κ1) is 18.0. The van der Waals surface area contributed by atoms with Gasteiger partial charge in [0.25, 0.3) is 0 Å². The van der Waals surface area contributed by atoms with E-state index in [9.17, 15) is 14.4 Å². The lowest BCUT2D eigenvalue weighted by atomic mass is 10.1. The third-order valence-corrected chi connectivity index (χ3v) is 4.45. The van der Waals surface area contributed by atoms with Crippen LogP contribution in [0.1, 0.15) is 19.0 Å². The number of nitrogens with zero attached hydrogens (tertiary/aromatic N) is 4. The molecule has 0 bridgehead atoms. The van der Waals surface area contributed by atoms with Gasteiger partial charge in [0.15, 0.2) is 0 Å². The molecule has 0 aromatic carbocycles. The van der Waals surface area contributed by atoms with E-state index in [1.54, 1.807) is 27.7 Å². The van der Waals surface area contributed by atoms with Gasteiger partial charge in [-0.1, -0.05) is 0 Å². The first-order valence-electron chi connectivity index (χ1n) is 8.14. The van der Waals surface area contributed by atoms with Crippen molar-refractivity contribution in [3.63, 3.8) is 0 Å². The number of hydrogen-bond donors (Lipinski definition) is 1. The van der Waals surface area contributed by atoms with Crippen LogP contribution in [0.4, 0.5) is 0 Å². The van der Waals surface area contributed by atoms with Crippen LogP contribution in [0.15, 0.2) is 12.3 Å². The quantitative estimate of drug-likeness (QED) is 0.796. The van der Waals surface area contributed by atoms with E-state index < -0.39 is 5.92 Å². The molecule has 132 valence electrons. The smallest absolute Gasteiger partial charge is 0.226 e. The number of nitrogens with one attached hydrogen (secondary N) is 1. The third kappa shape index (κ3) is 4.33. The minimum atomic E-state index is -0.401. The average Bonchev–Trinajstić information content (AvgIpc) is 2.84. The molecular formula is C16H25N5O3. The van der Waals surface area contributed by atoms with E-state index in [1.807, 2.05) is 13.1 Å². The Morgan fingerprint density at radius 3 is 2.50 bits per heavy atom. The van der Waals surface area contributed by atoms with Crippen molar-refractivity contribution in [2.24, 2.45) is 13.0 Å². The van der Waals surface area contributed by atoms with Crippen molar-refractivity contribution in [3.8, 4) is 0 Å². The first-order chi connectivity index (χ1) is 11.4. The summed E-state index contributed by atoms with van der Waals surface area (Å²) in [7, 11) is 3.41. The number of rotatable bonds is 4. The molecule has 0 spiro atoms. The third-order valence-electron chi connectivity index (χ3n) is 4.45. The van der Waals surface area contributed by atoms with Gasteiger partial charge in [-0.3, -0.25) is 19.1 Å². The van der Waals surface area contributed by atoms with Gasteiger partial charge in [0, 0.05) is 65.5 Å². The van der Waals surface area contributed by atoms with Gasteiger partial charge in [0.1, 0.15) is 0 Å². The zero-order valence-corrected chi connectivity index (χ0v) is 14.5. The summed E-state index contributed by atoms with van der Waals surface area (Å²) in [5.41, 5.74) is 0.992. The number of aryl methyl sites for hydroxylation is 2. The fourth-order valence-corrected chi connectivity index (χ4v) is 2.94. The summed E-state index contributed by atoms with van der Waals surface area (Å²) in [5.74, 6) is -0.627. The lowest BCUT2D eigenvalue weighted by molar-refractivity contribution is -0.133. The molecule has 8 heteroatoms. The van der Waals surface area contributed by atoms with Crippen molar-refractivity contribution >= 4 is 17.7 Å². The lowest BCUT2D eigenvalue weighted by Gasteiger charge is -2.23. The maximum atomic E-state index is 12.6. The Hall–Kier alpha value is -2.38. The van der Waals surface area contributed by atoms with Gasteiger partial charge in [0.05, 0.1) is 5.92 Å². The maximum Gasteiger partial charge on any atom is 0.226 e. The highest BCUT2D eigenvalue weighted by atomic mass is 16.2. The summed E-state index contributed by atoms with van der Waals surface area (Å²) in [6, 6.07) is 1.89. The lowest BCUT2D eigenvalue weighted by Crippen LogP contribution is -2.42. The van der Waals surface area contributed by atoms with Crippen LogP contribution in [0.5, 0.6) is 0 Å². The van der Waals surface area contributed by atoms with Crippen LogP contribution in [0.2, 0.25) is 0 Å². The summed E-state index contributed by atoms with van der Waals surface area (Å²) >= 11 is 0. The zero-order valence-electron chi connectivity index (χ0n) is 14.5. The molecule has 1 aliphatic rings. The van der Waals surface area contributed by atoms with E-state index in [2.05, 4.69) is 10.4 Å². The molecule has 1 aliphatic heterocycles. The number of hydrogen-bond acceptors (Lipinski definition) is 4. The maximum absolute atomic E-state index is 12.6. The molecule has 1 fully saturated rings. The first-order valence-corrected chi connectivity index (χ1v) is 8.14. The molecule has 1 unspecified atom stereocenters. The Kier molecular flexibility index (Phi) is 5.94. The largest absolute Gasteiger partial charge is 0.359 e. The SMILES string of the molecule is CNC(=O)C1CN(C(C)=O)CCN(C(=O)CCc2ccnn2C)C1. The van der Waals surface area contributed by atoms with Crippen LogP contribution in [0, 0.1) is 5.92 Å². The molecule has 2 heterocycles. The predicted octanol–water partition coefficient (Wildman–Crippen LogP) is -0.594. The number of amides is 3. The molecule has 0 radical (unpaired) electrons. The molecule has 1 atom stereocenters. The molecule has 8 nitrogen and oxygen atoms in total. The Labute approximate surface area is 141 Å². The number of carbonyl (C=O) groups is 3. The summed E-state index contributed by atoms with van der Waals surface area (Å²) in [6.07, 6.45) is 2.67. The monoisotopic (exact) mass is 335 g/mol. The molecule has 24 heavy (non-hydrogen) atoms. The molecule has 0 saturated carbocycles. The van der Waals surface area contributed by atoms with E-state index in [4.69, 9.17) is 0 Å². The van der Waals surface area contributed by atoms with E-state index >= 15 is 0 Å². The summed E-state index contributed by atoms with van der Waals surface area (Å²) in [5, 5.41) is 6.71. The summed E-state index contributed by atoms with van der Waals surface area (Å²) < 4.78 is 1.75. The van der Waals surface area contributed by atoms with Gasteiger partial charge in [-0.05, 0) is 12.5 Å². The fourth-order valence-electron chi connectivity index (χ4n) is 2.94. The highest BCUT2D eigenvalue weighted by Crippen LogP contribution is 2.13. The van der Waals surface area contributed by atoms with Gasteiger partial charge >= 0.3 is 0 Å². The van der Waals surface area contributed by atoms with Gasteiger partial charge in [0.2, 0.25) is 17.7 Å². The Morgan fingerprint density at radius 1 is 1.25 bits per heavy atom. The second-order valence-corrected chi connectivity index (χ2v) is 6.06. The molecule has 3 amide bonds. The van der Waals surface area contributed by atoms with E-state index in [0.29, 0.717) is 39.0 Å². The van der Waals surface area contributed by atoms with Gasteiger partial charge in [-0.2, -0.15) is 5.10 Å². The van der Waals surface area contributed by atoms with Crippen molar-refractivity contribution in [2.45, 2.75) is 19.8 Å². The van der Waals surface area contributed by atoms with Crippen LogP contribution >= 0.6 is 0 Å². The Morgan fingerprint density at radius 2 is 1.92 bits per heavy atom. The van der Waals surface area contributed by atoms with Crippen molar-refractivity contribution in [3.05, 3.63) is 18.0 Å². The van der Waals surface area contributed by atoms with Crippen LogP contribution in [0.3, 0.4) is 0 Å². The van der Waals surface area contributed by atoms with Crippen molar-refractivity contribution < 1.29 is 14.4 Å². The second kappa shape index (κ2) is 7.94. The molecule has 0 aliphatic carbocycles. The van der Waals surface area contributed by atoms with Gasteiger partial charge < -0.3 is 15.1 Å². The average molecular weight is 335 g/mol. The van der Waals surface area contributed by atoms with Crippen molar-refractivity contribution in [2.75, 3.05) is 33.2 Å². The van der Waals surface area contributed by atoms with Gasteiger partial charge in [-0.25, -0.2) is 0 Å². The van der Waals surface area contributed by atoms with Crippen LogP contribution in [-0.2, 0) is 27.9 Å². The second-order valence-electron chi connectivity index (χ2n) is 6.06. The minimum Gasteiger partial charge on any atom is -0.359 e. The van der Waals surface area contributed by atoms with Crippen molar-refractivity contribution in [1.82, 2.24) is 24.9 Å². The summed E-state index contributed by atoms with van der Waals surface area (Å²) in [4.78, 5) is 39.6. The topological polar surface area (TPSA) is 87.5 Å². The van der Waals surface area contributed by atoms with Crippen molar-refractivity contribution in [1.29, 1.82) is 0 Å². The highest BCUT2D eigenvalue weighted by Gasteiger charge is 2.30. The van der Waals surface area contributed by atoms with Gasteiger partial charge in [-0.15, -0.1) is 0 Å². The molecular weight excluding hydrogens is 310 g/mol. The Bertz CT molecular complexity index is 613. The minimum absolute atomic E-state index is 0.00416. The van der Waals surface area contributed by atoms with E-state index in [0.717, 1.165) is 5.69 Å². The molecule has 1 aromatic rings. The van der Waals surface area contributed by atoms with Crippen LogP contribution < -0.4 is 5.32 Å². The highest BCUT2D eigenvalue weighted by molar-refractivity contribution is 5.82. The van der Waals surface area contributed by atoms with E-state index in [1.165, 1.54) is 6.92 Å². The standard InChI is InChI=1S/C16H25N5O3/c1-12(22)20-8-9-21(11-13(10-20)16(24)17-2)15(23)5-4-14-6-7-18-19(14)3/h6-7,13H,4-5,8-11H2,1-3H3,(H,17,24). The normalized spacial score (nSPS) is 18.2. The number of carbonyl (C=O) groups excluding carboxylic acids is 3. The number of aromatic nitrogens is 2. The molecule has 2 rings (SSSR count). The zero-order chi connectivity index (χ0) is 17.7. The summed E-state index contributed by atoms with van der Waals surface area (Å²) in [6.45, 7) is 3.09. The van der Waals surface area contributed by atoms with Crippen LogP contribution in [0.25, 0.3) is 0 Å².